The second-order valence-corrected chi connectivity index (χ2v) is 6.60. The van der Waals surface area contributed by atoms with E-state index in [1.165, 1.54) is 36.4 Å². The Morgan fingerprint density at radius 2 is 1.34 bits per heavy atom. The number of hydrogen-bond acceptors (Lipinski definition) is 6. The molecular formula is C19H20N4O6. The molecule has 0 saturated carbocycles. The van der Waals surface area contributed by atoms with Gasteiger partial charge in [-0.05, 0) is 32.9 Å². The molecule has 0 bridgehead atoms. The molecule has 0 aliphatic heterocycles. The van der Waals surface area contributed by atoms with Gasteiger partial charge in [0.05, 0.1) is 9.85 Å². The van der Waals surface area contributed by atoms with E-state index >= 15 is 0 Å². The smallest absolute Gasteiger partial charge is 0.273 e. The molecule has 0 radical (unpaired) electrons. The van der Waals surface area contributed by atoms with Crippen molar-refractivity contribution in [3.05, 3.63) is 78.9 Å². The number of aryl methyl sites for hydroxylation is 2. The van der Waals surface area contributed by atoms with Crippen molar-refractivity contribution in [2.45, 2.75) is 26.8 Å². The number of nitro groups is 2. The van der Waals surface area contributed by atoms with Crippen LogP contribution in [0.1, 0.15) is 38.8 Å². The SMILES string of the molecule is Cc1ccc(C(=O)NC[C@H](C)NC(=O)c2ccc(C)c([N+](=O)[O-])c2)cc1[N+](=O)[O-]. The van der Waals surface area contributed by atoms with Gasteiger partial charge in [-0.15, -0.1) is 0 Å². The zero-order valence-corrected chi connectivity index (χ0v) is 16.1. The average molecular weight is 400 g/mol. The summed E-state index contributed by atoms with van der Waals surface area (Å²) in [5.41, 5.74) is 0.850. The average Bonchev–Trinajstić information content (AvgIpc) is 2.66. The lowest BCUT2D eigenvalue weighted by Crippen LogP contribution is -2.41. The highest BCUT2D eigenvalue weighted by molar-refractivity contribution is 5.96. The molecule has 1 atom stereocenters. The van der Waals surface area contributed by atoms with Crippen LogP contribution < -0.4 is 10.6 Å². The quantitative estimate of drug-likeness (QED) is 0.540. The molecule has 0 aliphatic carbocycles. The maximum absolute atomic E-state index is 12.3. The van der Waals surface area contributed by atoms with Crippen molar-refractivity contribution in [3.8, 4) is 0 Å². The maximum Gasteiger partial charge on any atom is 0.273 e. The van der Waals surface area contributed by atoms with Crippen LogP contribution in [0.3, 0.4) is 0 Å². The van der Waals surface area contributed by atoms with E-state index < -0.39 is 27.7 Å². The lowest BCUT2D eigenvalue weighted by atomic mass is 10.1. The van der Waals surface area contributed by atoms with Crippen LogP contribution in [-0.2, 0) is 0 Å². The molecule has 10 nitrogen and oxygen atoms in total. The zero-order valence-electron chi connectivity index (χ0n) is 16.1. The number of nitrogens with zero attached hydrogens (tertiary/aromatic N) is 2. The minimum absolute atomic E-state index is 0.0696. The summed E-state index contributed by atoms with van der Waals surface area (Å²) in [6.45, 7) is 4.87. The summed E-state index contributed by atoms with van der Waals surface area (Å²) in [6, 6.07) is 7.85. The van der Waals surface area contributed by atoms with Crippen LogP contribution in [0.25, 0.3) is 0 Å². The Kier molecular flexibility index (Phi) is 6.60. The third-order valence-corrected chi connectivity index (χ3v) is 4.28. The van der Waals surface area contributed by atoms with Crippen LogP contribution in [0, 0.1) is 34.1 Å². The first kappa shape index (κ1) is 21.5. The molecule has 29 heavy (non-hydrogen) atoms. The molecular weight excluding hydrogens is 380 g/mol. The van der Waals surface area contributed by atoms with E-state index in [9.17, 15) is 29.8 Å². The number of rotatable bonds is 7. The Morgan fingerprint density at radius 3 is 1.79 bits per heavy atom. The van der Waals surface area contributed by atoms with Crippen molar-refractivity contribution < 1.29 is 19.4 Å². The van der Waals surface area contributed by atoms with Crippen LogP contribution >= 0.6 is 0 Å². The summed E-state index contributed by atoms with van der Waals surface area (Å²) in [5.74, 6) is -1.03. The van der Waals surface area contributed by atoms with Crippen molar-refractivity contribution in [2.24, 2.45) is 0 Å². The first-order valence-corrected chi connectivity index (χ1v) is 8.69. The van der Waals surface area contributed by atoms with E-state index in [4.69, 9.17) is 0 Å². The zero-order chi connectivity index (χ0) is 21.7. The standard InChI is InChI=1S/C19H20N4O6/c1-11-4-6-14(8-16(11)22(26)27)18(24)20-10-13(3)21-19(25)15-7-5-12(2)17(9-15)23(28)29/h4-9,13H,10H2,1-3H3,(H,20,24)(H,21,25)/t13-/m0/s1. The fraction of sp³-hybridized carbons (Fsp3) is 0.263. The van der Waals surface area contributed by atoms with Gasteiger partial charge in [0.2, 0.25) is 0 Å². The van der Waals surface area contributed by atoms with Gasteiger partial charge in [0.1, 0.15) is 0 Å². The molecule has 0 aliphatic rings. The van der Waals surface area contributed by atoms with E-state index in [-0.39, 0.29) is 29.0 Å². The Bertz CT molecular complexity index is 989. The van der Waals surface area contributed by atoms with Gasteiger partial charge >= 0.3 is 0 Å². The number of hydrogen-bond donors (Lipinski definition) is 2. The third kappa shape index (κ3) is 5.34. The molecule has 2 rings (SSSR count). The van der Waals surface area contributed by atoms with Crippen LogP contribution in [0.5, 0.6) is 0 Å². The highest BCUT2D eigenvalue weighted by Gasteiger charge is 2.18. The monoisotopic (exact) mass is 400 g/mol. The predicted molar refractivity (Wildman–Crippen MR) is 105 cm³/mol. The van der Waals surface area contributed by atoms with Crippen molar-refractivity contribution >= 4 is 23.2 Å². The van der Waals surface area contributed by atoms with Crippen molar-refractivity contribution in [3.63, 3.8) is 0 Å². The van der Waals surface area contributed by atoms with E-state index in [1.807, 2.05) is 0 Å². The minimum Gasteiger partial charge on any atom is -0.350 e. The summed E-state index contributed by atoms with van der Waals surface area (Å²) in [7, 11) is 0. The van der Waals surface area contributed by atoms with Gasteiger partial charge < -0.3 is 10.6 Å². The molecule has 0 heterocycles. The van der Waals surface area contributed by atoms with Crippen LogP contribution in [0.4, 0.5) is 11.4 Å². The summed E-state index contributed by atoms with van der Waals surface area (Å²) in [4.78, 5) is 45.4. The van der Waals surface area contributed by atoms with Crippen LogP contribution in [0.2, 0.25) is 0 Å². The van der Waals surface area contributed by atoms with E-state index in [2.05, 4.69) is 10.6 Å². The Labute approximate surface area is 166 Å². The molecule has 0 spiro atoms. The Morgan fingerprint density at radius 1 is 0.897 bits per heavy atom. The minimum atomic E-state index is -0.560. The van der Waals surface area contributed by atoms with Crippen LogP contribution in [-0.4, -0.2) is 34.2 Å². The summed E-state index contributed by atoms with van der Waals surface area (Å²) < 4.78 is 0. The van der Waals surface area contributed by atoms with Crippen molar-refractivity contribution in [2.75, 3.05) is 6.54 Å². The second kappa shape index (κ2) is 8.91. The molecule has 2 amide bonds. The molecule has 0 aromatic heterocycles. The van der Waals surface area contributed by atoms with E-state index in [0.29, 0.717) is 11.1 Å². The molecule has 0 saturated heterocycles. The number of benzene rings is 2. The largest absolute Gasteiger partial charge is 0.350 e. The lowest BCUT2D eigenvalue weighted by molar-refractivity contribution is -0.385. The predicted octanol–water partition coefficient (Wildman–Crippen LogP) is 2.67. The Balaban J connectivity index is 1.98. The Hall–Kier alpha value is -3.82. The fourth-order valence-electron chi connectivity index (χ4n) is 2.60. The van der Waals surface area contributed by atoms with Gasteiger partial charge in [0.25, 0.3) is 23.2 Å². The molecule has 10 heteroatoms. The number of nitrogens with one attached hydrogen (secondary N) is 2. The van der Waals surface area contributed by atoms with Crippen LogP contribution in [0.15, 0.2) is 36.4 Å². The summed E-state index contributed by atoms with van der Waals surface area (Å²) in [5, 5.41) is 27.2. The number of carbonyl (C=O) groups is 2. The fourth-order valence-corrected chi connectivity index (χ4v) is 2.60. The number of nitro benzene ring substituents is 2. The van der Waals surface area contributed by atoms with Gasteiger partial charge in [-0.25, -0.2) is 0 Å². The lowest BCUT2D eigenvalue weighted by Gasteiger charge is -2.15. The normalized spacial score (nSPS) is 11.4. The second-order valence-electron chi connectivity index (χ2n) is 6.60. The van der Waals surface area contributed by atoms with Crippen molar-refractivity contribution in [1.82, 2.24) is 10.6 Å². The maximum atomic E-state index is 12.3. The molecule has 2 aromatic rings. The first-order valence-electron chi connectivity index (χ1n) is 8.69. The summed E-state index contributed by atoms with van der Waals surface area (Å²) >= 11 is 0. The molecule has 152 valence electrons. The van der Waals surface area contributed by atoms with Gasteiger partial charge in [-0.1, -0.05) is 12.1 Å². The van der Waals surface area contributed by atoms with Gasteiger partial charge in [-0.2, -0.15) is 0 Å². The highest BCUT2D eigenvalue weighted by Crippen LogP contribution is 2.20. The molecule has 0 fully saturated rings. The summed E-state index contributed by atoms with van der Waals surface area (Å²) in [6.07, 6.45) is 0. The first-order chi connectivity index (χ1) is 13.6. The molecule has 2 N–H and O–H groups in total. The highest BCUT2D eigenvalue weighted by atomic mass is 16.6. The van der Waals surface area contributed by atoms with E-state index in [0.717, 1.165) is 0 Å². The van der Waals surface area contributed by atoms with Gasteiger partial charge in [0.15, 0.2) is 0 Å². The van der Waals surface area contributed by atoms with Gasteiger partial charge in [-0.3, -0.25) is 29.8 Å². The third-order valence-electron chi connectivity index (χ3n) is 4.28. The topological polar surface area (TPSA) is 144 Å². The molecule has 2 aromatic carbocycles. The number of amides is 2. The molecule has 0 unspecified atom stereocenters. The number of carbonyl (C=O) groups excluding carboxylic acids is 2. The van der Waals surface area contributed by atoms with Crippen molar-refractivity contribution in [1.29, 1.82) is 0 Å². The van der Waals surface area contributed by atoms with E-state index in [1.54, 1.807) is 20.8 Å². The van der Waals surface area contributed by atoms with Gasteiger partial charge in [0, 0.05) is 47.0 Å².